The summed E-state index contributed by atoms with van der Waals surface area (Å²) in [7, 11) is 0. The zero-order valence-corrected chi connectivity index (χ0v) is 16.7. The van der Waals surface area contributed by atoms with Gasteiger partial charge in [0, 0.05) is 11.8 Å². The van der Waals surface area contributed by atoms with E-state index in [1.165, 1.54) is 0 Å². The average Bonchev–Trinajstić information content (AvgIpc) is 3.31. The standard InChI is InChI=1S/C20H30O8/c1-8-6-25-10-5-17-13-11(22)12(16(2,3)4)18(17)9(21)7-26-15(18)28-20(17,14(23)27-13)19(8,10)24/h8-15,21-24H,5-7H2,1-4H3/t8-,9+,10?,11-,12+,13?,14?,15?,17?,18?,19-,20-/m1/s1. The van der Waals surface area contributed by atoms with Crippen LogP contribution in [0, 0.1) is 28.1 Å². The molecule has 6 unspecified atom stereocenters. The van der Waals surface area contributed by atoms with E-state index < -0.39 is 70.4 Å². The molecule has 0 aromatic carbocycles. The lowest BCUT2D eigenvalue weighted by Crippen LogP contribution is -2.67. The summed E-state index contributed by atoms with van der Waals surface area (Å²) in [6, 6.07) is 0. The van der Waals surface area contributed by atoms with Gasteiger partial charge in [0.25, 0.3) is 0 Å². The summed E-state index contributed by atoms with van der Waals surface area (Å²) < 4.78 is 24.3. The van der Waals surface area contributed by atoms with Crippen LogP contribution in [-0.4, -0.2) is 81.8 Å². The predicted molar refractivity (Wildman–Crippen MR) is 92.7 cm³/mol. The Hall–Kier alpha value is -0.320. The molecule has 2 spiro atoms. The topological polar surface area (TPSA) is 118 Å². The Morgan fingerprint density at radius 1 is 1.04 bits per heavy atom. The van der Waals surface area contributed by atoms with Crippen molar-refractivity contribution >= 4 is 0 Å². The molecule has 4 aliphatic heterocycles. The van der Waals surface area contributed by atoms with E-state index in [1.54, 1.807) is 0 Å². The van der Waals surface area contributed by atoms with Crippen LogP contribution in [0.1, 0.15) is 34.1 Å². The summed E-state index contributed by atoms with van der Waals surface area (Å²) in [5.41, 5.74) is -5.42. The second-order valence-corrected chi connectivity index (χ2v) is 10.9. The van der Waals surface area contributed by atoms with Crippen LogP contribution in [0.4, 0.5) is 0 Å². The van der Waals surface area contributed by atoms with Crippen LogP contribution >= 0.6 is 0 Å². The van der Waals surface area contributed by atoms with Crippen molar-refractivity contribution in [2.75, 3.05) is 13.2 Å². The van der Waals surface area contributed by atoms with Gasteiger partial charge in [0.05, 0.1) is 48.5 Å². The molecule has 4 N–H and O–H groups in total. The first-order chi connectivity index (χ1) is 13.0. The van der Waals surface area contributed by atoms with E-state index in [1.807, 2.05) is 27.7 Å². The summed E-state index contributed by atoms with van der Waals surface area (Å²) in [6.45, 7) is 8.39. The first-order valence-corrected chi connectivity index (χ1v) is 10.3. The van der Waals surface area contributed by atoms with Crippen molar-refractivity contribution in [3.63, 3.8) is 0 Å². The third-order valence-electron chi connectivity index (χ3n) is 9.18. The zero-order chi connectivity index (χ0) is 20.1. The van der Waals surface area contributed by atoms with Gasteiger partial charge < -0.3 is 39.4 Å². The van der Waals surface area contributed by atoms with Crippen LogP contribution in [-0.2, 0) is 18.9 Å². The van der Waals surface area contributed by atoms with Gasteiger partial charge in [-0.05, 0) is 11.8 Å². The van der Waals surface area contributed by atoms with Crippen molar-refractivity contribution in [2.24, 2.45) is 28.1 Å². The highest BCUT2D eigenvalue weighted by atomic mass is 16.8. The van der Waals surface area contributed by atoms with E-state index in [4.69, 9.17) is 18.9 Å². The Bertz CT molecular complexity index is 738. The van der Waals surface area contributed by atoms with E-state index in [0.29, 0.717) is 13.0 Å². The average molecular weight is 398 g/mol. The van der Waals surface area contributed by atoms with E-state index >= 15 is 0 Å². The maximum absolute atomic E-state index is 12.0. The monoisotopic (exact) mass is 398 g/mol. The molecule has 0 bridgehead atoms. The summed E-state index contributed by atoms with van der Waals surface area (Å²) in [5, 5.41) is 45.9. The fourth-order valence-electron chi connectivity index (χ4n) is 8.66. The van der Waals surface area contributed by atoms with E-state index in [9.17, 15) is 20.4 Å². The van der Waals surface area contributed by atoms with Gasteiger partial charge in [0.1, 0.15) is 5.60 Å². The number of rotatable bonds is 0. The van der Waals surface area contributed by atoms with Gasteiger partial charge in [-0.25, -0.2) is 0 Å². The molecule has 2 saturated carbocycles. The van der Waals surface area contributed by atoms with Gasteiger partial charge in [-0.15, -0.1) is 0 Å². The molecule has 0 radical (unpaired) electrons. The SMILES string of the molecule is C[C@@H]1COC2CC34C5OC(O)[C@]3(OC3OC[C@H](O)C34[C@H](C(C)(C)C)[C@H]5O)[C@]21O. The van der Waals surface area contributed by atoms with E-state index in [0.717, 1.165) is 0 Å². The molecular weight excluding hydrogens is 368 g/mol. The highest BCUT2D eigenvalue weighted by Crippen LogP contribution is 2.85. The quantitative estimate of drug-likeness (QED) is 0.426. The Kier molecular flexibility index (Phi) is 3.15. The first-order valence-electron chi connectivity index (χ1n) is 10.3. The molecule has 158 valence electrons. The number of aliphatic hydroxyl groups excluding tert-OH is 3. The minimum Gasteiger partial charge on any atom is -0.390 e. The molecule has 8 nitrogen and oxygen atoms in total. The van der Waals surface area contributed by atoms with Crippen LogP contribution in [0.15, 0.2) is 0 Å². The molecule has 8 heteroatoms. The summed E-state index contributed by atoms with van der Waals surface area (Å²) in [6.07, 6.45) is -5.10. The predicted octanol–water partition coefficient (Wildman–Crippen LogP) is -0.631. The minimum absolute atomic E-state index is 0.0874. The number of ether oxygens (including phenoxy) is 4. The normalized spacial score (nSPS) is 66.9. The minimum atomic E-state index is -1.52. The van der Waals surface area contributed by atoms with Crippen LogP contribution in [0.3, 0.4) is 0 Å². The molecule has 4 heterocycles. The largest absolute Gasteiger partial charge is 0.390 e. The highest BCUT2D eigenvalue weighted by molar-refractivity contribution is 5.43. The lowest BCUT2D eigenvalue weighted by Gasteiger charge is -2.49. The Balaban J connectivity index is 1.68. The van der Waals surface area contributed by atoms with Crippen LogP contribution in [0.25, 0.3) is 0 Å². The fraction of sp³-hybridized carbons (Fsp3) is 1.00. The molecule has 4 saturated heterocycles. The van der Waals surface area contributed by atoms with Crippen LogP contribution in [0.2, 0.25) is 0 Å². The van der Waals surface area contributed by atoms with Crippen molar-refractivity contribution < 1.29 is 39.4 Å². The second-order valence-electron chi connectivity index (χ2n) is 10.9. The molecule has 0 aromatic rings. The Labute approximate surface area is 163 Å². The molecule has 0 aromatic heterocycles. The van der Waals surface area contributed by atoms with Crippen molar-refractivity contribution in [1.29, 1.82) is 0 Å². The number of fused-ring (bicyclic) bond motifs is 1. The van der Waals surface area contributed by atoms with Gasteiger partial charge in [0.15, 0.2) is 18.2 Å². The summed E-state index contributed by atoms with van der Waals surface area (Å²) in [5.74, 6) is -0.702. The molecule has 6 aliphatic rings. The lowest BCUT2D eigenvalue weighted by molar-refractivity contribution is -0.296. The highest BCUT2D eigenvalue weighted by Gasteiger charge is 2.99. The van der Waals surface area contributed by atoms with Gasteiger partial charge in [0.2, 0.25) is 0 Å². The molecule has 6 fully saturated rings. The molecular formula is C20H30O8. The Morgan fingerprint density at radius 3 is 2.43 bits per heavy atom. The van der Waals surface area contributed by atoms with Crippen molar-refractivity contribution in [1.82, 2.24) is 0 Å². The smallest absolute Gasteiger partial charge is 0.188 e. The van der Waals surface area contributed by atoms with Crippen LogP contribution in [0.5, 0.6) is 0 Å². The maximum atomic E-state index is 12.0. The van der Waals surface area contributed by atoms with Gasteiger partial charge in [-0.2, -0.15) is 0 Å². The van der Waals surface area contributed by atoms with Crippen LogP contribution < -0.4 is 0 Å². The fourth-order valence-corrected chi connectivity index (χ4v) is 8.66. The molecule has 12 atom stereocenters. The second kappa shape index (κ2) is 4.78. The van der Waals surface area contributed by atoms with Crippen molar-refractivity contribution in [3.8, 4) is 0 Å². The zero-order valence-electron chi connectivity index (χ0n) is 16.7. The number of aliphatic hydroxyl groups is 4. The summed E-state index contributed by atoms with van der Waals surface area (Å²) in [4.78, 5) is 0. The van der Waals surface area contributed by atoms with Crippen molar-refractivity contribution in [2.45, 2.75) is 82.3 Å². The lowest BCUT2D eigenvalue weighted by atomic mass is 9.51. The first kappa shape index (κ1) is 18.4. The van der Waals surface area contributed by atoms with Gasteiger partial charge in [-0.1, -0.05) is 27.7 Å². The Morgan fingerprint density at radius 2 is 1.75 bits per heavy atom. The third kappa shape index (κ3) is 1.37. The molecule has 6 rings (SSSR count). The molecule has 28 heavy (non-hydrogen) atoms. The number of hydrogen-bond acceptors (Lipinski definition) is 8. The maximum Gasteiger partial charge on any atom is 0.188 e. The summed E-state index contributed by atoms with van der Waals surface area (Å²) >= 11 is 0. The van der Waals surface area contributed by atoms with E-state index in [-0.39, 0.29) is 12.5 Å². The van der Waals surface area contributed by atoms with Gasteiger partial charge >= 0.3 is 0 Å². The molecule has 2 aliphatic carbocycles. The van der Waals surface area contributed by atoms with E-state index in [2.05, 4.69) is 0 Å². The van der Waals surface area contributed by atoms with Gasteiger partial charge in [-0.3, -0.25) is 0 Å². The molecule has 0 amide bonds. The van der Waals surface area contributed by atoms with Crippen molar-refractivity contribution in [3.05, 3.63) is 0 Å². The third-order valence-corrected chi connectivity index (χ3v) is 9.18. The number of hydrogen-bond donors (Lipinski definition) is 4.